The smallest absolute Gasteiger partial charge is 0.225 e. The van der Waals surface area contributed by atoms with Crippen LogP contribution in [0.1, 0.15) is 19.5 Å². The molecule has 4 nitrogen and oxygen atoms in total. The van der Waals surface area contributed by atoms with Crippen molar-refractivity contribution in [2.24, 2.45) is 11.1 Å². The highest BCUT2D eigenvalue weighted by atomic mass is 15.3. The largest absolute Gasteiger partial charge is 0.340 e. The molecule has 1 aromatic rings. The van der Waals surface area contributed by atoms with Crippen molar-refractivity contribution >= 4 is 5.95 Å². The molecule has 1 fully saturated rings. The van der Waals surface area contributed by atoms with Gasteiger partial charge in [-0.2, -0.15) is 0 Å². The molecule has 2 N–H and O–H groups in total. The molecule has 1 aliphatic rings. The standard InChI is InChI=1S/C10H16N4/c1-10(2)6-14(7-10)9-12-4-3-8(5-11)13-9/h3-4H,5-7,11H2,1-2H3. The van der Waals surface area contributed by atoms with E-state index in [4.69, 9.17) is 5.73 Å². The Hall–Kier alpha value is -1.16. The maximum atomic E-state index is 5.52. The molecule has 0 atom stereocenters. The van der Waals surface area contributed by atoms with Crippen LogP contribution in [0.3, 0.4) is 0 Å². The van der Waals surface area contributed by atoms with Crippen molar-refractivity contribution in [2.45, 2.75) is 20.4 Å². The average Bonchev–Trinajstić information content (AvgIpc) is 2.14. The third-order valence-electron chi connectivity index (χ3n) is 2.43. The third kappa shape index (κ3) is 1.70. The Morgan fingerprint density at radius 2 is 2.21 bits per heavy atom. The molecule has 2 rings (SSSR count). The lowest BCUT2D eigenvalue weighted by atomic mass is 9.85. The molecule has 0 bridgehead atoms. The highest BCUT2D eigenvalue weighted by Gasteiger charge is 2.35. The zero-order chi connectivity index (χ0) is 10.2. The minimum atomic E-state index is 0.405. The molecule has 2 heterocycles. The van der Waals surface area contributed by atoms with Crippen LogP contribution in [0, 0.1) is 5.41 Å². The summed E-state index contributed by atoms with van der Waals surface area (Å²) in [6.45, 7) is 7.03. The second-order valence-electron chi connectivity index (χ2n) is 4.57. The second-order valence-corrected chi connectivity index (χ2v) is 4.57. The van der Waals surface area contributed by atoms with Gasteiger partial charge in [0, 0.05) is 25.8 Å². The molecule has 0 unspecified atom stereocenters. The van der Waals surface area contributed by atoms with Crippen molar-refractivity contribution in [2.75, 3.05) is 18.0 Å². The summed E-state index contributed by atoms with van der Waals surface area (Å²) in [4.78, 5) is 10.8. The number of hydrogen-bond acceptors (Lipinski definition) is 4. The first-order chi connectivity index (χ1) is 6.61. The molecule has 0 spiro atoms. The van der Waals surface area contributed by atoms with Gasteiger partial charge in [-0.3, -0.25) is 0 Å². The summed E-state index contributed by atoms with van der Waals surface area (Å²) in [5.74, 6) is 0.812. The molecule has 76 valence electrons. The first kappa shape index (κ1) is 9.40. The number of anilines is 1. The van der Waals surface area contributed by atoms with Gasteiger partial charge < -0.3 is 10.6 Å². The lowest BCUT2D eigenvalue weighted by molar-refractivity contribution is 0.272. The Kier molecular flexibility index (Phi) is 2.15. The van der Waals surface area contributed by atoms with E-state index in [0.29, 0.717) is 12.0 Å². The summed E-state index contributed by atoms with van der Waals surface area (Å²) in [5.41, 5.74) is 6.83. The van der Waals surface area contributed by atoms with Crippen molar-refractivity contribution in [3.05, 3.63) is 18.0 Å². The second kappa shape index (κ2) is 3.20. The minimum absolute atomic E-state index is 0.405. The van der Waals surface area contributed by atoms with Crippen LogP contribution in [0.4, 0.5) is 5.95 Å². The number of hydrogen-bond donors (Lipinski definition) is 1. The predicted molar refractivity (Wildman–Crippen MR) is 55.9 cm³/mol. The molecule has 4 heteroatoms. The molecular formula is C10H16N4. The number of aromatic nitrogens is 2. The summed E-state index contributed by atoms with van der Waals surface area (Å²) in [5, 5.41) is 0. The van der Waals surface area contributed by atoms with Crippen LogP contribution < -0.4 is 10.6 Å². The van der Waals surface area contributed by atoms with Crippen molar-refractivity contribution in [1.29, 1.82) is 0 Å². The molecule has 0 amide bonds. The maximum absolute atomic E-state index is 5.52. The lowest BCUT2D eigenvalue weighted by Gasteiger charge is -2.45. The van der Waals surface area contributed by atoms with Crippen LogP contribution >= 0.6 is 0 Å². The van der Waals surface area contributed by atoms with E-state index in [0.717, 1.165) is 24.7 Å². The number of nitrogens with two attached hydrogens (primary N) is 1. The summed E-state index contributed by atoms with van der Waals surface area (Å²) in [6.07, 6.45) is 1.77. The summed E-state index contributed by atoms with van der Waals surface area (Å²) in [7, 11) is 0. The van der Waals surface area contributed by atoms with Gasteiger partial charge in [0.1, 0.15) is 0 Å². The zero-order valence-corrected chi connectivity index (χ0v) is 8.70. The fourth-order valence-electron chi connectivity index (χ4n) is 1.78. The van der Waals surface area contributed by atoms with Crippen molar-refractivity contribution in [3.63, 3.8) is 0 Å². The fraction of sp³-hybridized carbons (Fsp3) is 0.600. The summed E-state index contributed by atoms with van der Waals surface area (Å²) >= 11 is 0. The van der Waals surface area contributed by atoms with Gasteiger partial charge in [-0.1, -0.05) is 13.8 Å². The molecule has 1 saturated heterocycles. The fourth-order valence-corrected chi connectivity index (χ4v) is 1.78. The van der Waals surface area contributed by atoms with Gasteiger partial charge in [-0.25, -0.2) is 9.97 Å². The maximum Gasteiger partial charge on any atom is 0.225 e. The van der Waals surface area contributed by atoms with Crippen molar-refractivity contribution in [3.8, 4) is 0 Å². The molecule has 14 heavy (non-hydrogen) atoms. The van der Waals surface area contributed by atoms with Gasteiger partial charge in [0.05, 0.1) is 5.69 Å². The van der Waals surface area contributed by atoms with E-state index in [2.05, 4.69) is 28.7 Å². The van der Waals surface area contributed by atoms with E-state index in [-0.39, 0.29) is 0 Å². The van der Waals surface area contributed by atoms with Crippen molar-refractivity contribution < 1.29 is 0 Å². The van der Waals surface area contributed by atoms with Crippen LogP contribution in [0.2, 0.25) is 0 Å². The van der Waals surface area contributed by atoms with Crippen LogP contribution in [-0.2, 0) is 6.54 Å². The SMILES string of the molecule is CC1(C)CN(c2nccc(CN)n2)C1. The van der Waals surface area contributed by atoms with Gasteiger partial charge in [0.15, 0.2) is 0 Å². The number of nitrogens with zero attached hydrogens (tertiary/aromatic N) is 3. The van der Waals surface area contributed by atoms with Crippen LogP contribution in [-0.4, -0.2) is 23.1 Å². The minimum Gasteiger partial charge on any atom is -0.340 e. The molecule has 0 aliphatic carbocycles. The van der Waals surface area contributed by atoms with Gasteiger partial charge in [0.2, 0.25) is 5.95 Å². The Bertz CT molecular complexity index is 327. The topological polar surface area (TPSA) is 55.0 Å². The Morgan fingerprint density at radius 1 is 1.50 bits per heavy atom. The summed E-state index contributed by atoms with van der Waals surface area (Å²) in [6, 6.07) is 1.86. The van der Waals surface area contributed by atoms with E-state index >= 15 is 0 Å². The predicted octanol–water partition coefficient (Wildman–Crippen LogP) is 0.781. The van der Waals surface area contributed by atoms with Crippen LogP contribution in [0.15, 0.2) is 12.3 Å². The van der Waals surface area contributed by atoms with Crippen molar-refractivity contribution in [1.82, 2.24) is 9.97 Å². The molecule has 0 radical (unpaired) electrons. The zero-order valence-electron chi connectivity index (χ0n) is 8.70. The molecule has 1 aromatic heterocycles. The summed E-state index contributed by atoms with van der Waals surface area (Å²) < 4.78 is 0. The third-order valence-corrected chi connectivity index (χ3v) is 2.43. The van der Waals surface area contributed by atoms with E-state index in [9.17, 15) is 0 Å². The van der Waals surface area contributed by atoms with E-state index in [1.165, 1.54) is 0 Å². The highest BCUT2D eigenvalue weighted by molar-refractivity contribution is 5.35. The normalized spacial score (nSPS) is 19.2. The Labute approximate surface area is 84.2 Å². The average molecular weight is 192 g/mol. The highest BCUT2D eigenvalue weighted by Crippen LogP contribution is 2.31. The van der Waals surface area contributed by atoms with Gasteiger partial charge in [-0.05, 0) is 11.5 Å². The first-order valence-corrected chi connectivity index (χ1v) is 4.88. The van der Waals surface area contributed by atoms with Crippen LogP contribution in [0.25, 0.3) is 0 Å². The molecule has 0 aromatic carbocycles. The van der Waals surface area contributed by atoms with E-state index < -0.39 is 0 Å². The molecule has 1 aliphatic heterocycles. The van der Waals surface area contributed by atoms with Gasteiger partial charge >= 0.3 is 0 Å². The van der Waals surface area contributed by atoms with Gasteiger partial charge in [0.25, 0.3) is 0 Å². The Morgan fingerprint density at radius 3 is 2.79 bits per heavy atom. The molecular weight excluding hydrogens is 176 g/mol. The van der Waals surface area contributed by atoms with E-state index in [1.807, 2.05) is 6.07 Å². The van der Waals surface area contributed by atoms with Gasteiger partial charge in [-0.15, -0.1) is 0 Å². The lowest BCUT2D eigenvalue weighted by Crippen LogP contribution is -2.53. The first-order valence-electron chi connectivity index (χ1n) is 4.88. The van der Waals surface area contributed by atoms with Crippen LogP contribution in [0.5, 0.6) is 0 Å². The number of rotatable bonds is 2. The Balaban J connectivity index is 2.11. The monoisotopic (exact) mass is 192 g/mol. The molecule has 0 saturated carbocycles. The van der Waals surface area contributed by atoms with E-state index in [1.54, 1.807) is 6.20 Å². The quantitative estimate of drug-likeness (QED) is 0.752.